The summed E-state index contributed by atoms with van der Waals surface area (Å²) in [5.74, 6) is 0.777. The van der Waals surface area contributed by atoms with Gasteiger partial charge < -0.3 is 25.3 Å². The number of ether oxygens (including phenoxy) is 1. The maximum Gasteiger partial charge on any atom is 0.294 e. The van der Waals surface area contributed by atoms with Crippen LogP contribution in [0.15, 0.2) is 54.9 Å². The molecule has 1 atom stereocenters. The number of nitro groups is 1. The normalized spacial score (nSPS) is 15.9. The smallest absolute Gasteiger partial charge is 0.294 e. The van der Waals surface area contributed by atoms with Crippen LogP contribution >= 0.6 is 0 Å². The van der Waals surface area contributed by atoms with E-state index >= 15 is 0 Å². The van der Waals surface area contributed by atoms with E-state index in [4.69, 9.17) is 10.5 Å². The number of methoxy groups -OCH3 is 1. The van der Waals surface area contributed by atoms with E-state index in [-0.39, 0.29) is 16.7 Å². The molecule has 0 bridgehead atoms. The fourth-order valence-corrected chi connectivity index (χ4v) is 4.69. The molecule has 0 spiro atoms. The van der Waals surface area contributed by atoms with Gasteiger partial charge in [0.2, 0.25) is 5.95 Å². The Morgan fingerprint density at radius 3 is 2.86 bits per heavy atom. The molecule has 1 unspecified atom stereocenters. The Bertz CT molecular complexity index is 1400. The lowest BCUT2D eigenvalue weighted by Crippen LogP contribution is -2.43. The number of aromatic nitrogens is 3. The average Bonchev–Trinajstić information content (AvgIpc) is 3.20. The van der Waals surface area contributed by atoms with E-state index in [0.717, 1.165) is 35.0 Å². The second-order valence-electron chi connectivity index (χ2n) is 8.71. The molecule has 3 heterocycles. The highest BCUT2D eigenvalue weighted by Gasteiger charge is 2.27. The number of nitro benzene ring substituents is 1. The third-order valence-electron chi connectivity index (χ3n) is 6.37. The zero-order valence-electron chi connectivity index (χ0n) is 19.6. The van der Waals surface area contributed by atoms with Gasteiger partial charge >= 0.3 is 0 Å². The van der Waals surface area contributed by atoms with Gasteiger partial charge in [-0.1, -0.05) is 18.2 Å². The van der Waals surface area contributed by atoms with Crippen molar-refractivity contribution in [2.45, 2.75) is 18.9 Å². The molecular weight excluding hydrogens is 446 g/mol. The monoisotopic (exact) mass is 473 g/mol. The Morgan fingerprint density at radius 2 is 2.09 bits per heavy atom. The van der Waals surface area contributed by atoms with Gasteiger partial charge in [-0.25, -0.2) is 9.97 Å². The molecule has 1 saturated heterocycles. The number of rotatable bonds is 6. The highest BCUT2D eigenvalue weighted by Crippen LogP contribution is 2.40. The number of nitrogens with one attached hydrogen (secondary N) is 1. The highest BCUT2D eigenvalue weighted by atomic mass is 16.6. The molecule has 3 N–H and O–H groups in total. The zero-order chi connectivity index (χ0) is 24.5. The first kappa shape index (κ1) is 22.6. The summed E-state index contributed by atoms with van der Waals surface area (Å²) in [6.07, 6.45) is 5.48. The first-order chi connectivity index (χ1) is 16.9. The predicted octanol–water partition coefficient (Wildman–Crippen LogP) is 4.22. The van der Waals surface area contributed by atoms with Crippen molar-refractivity contribution in [3.05, 3.63) is 65.0 Å². The Hall–Kier alpha value is -4.18. The van der Waals surface area contributed by atoms with E-state index in [1.54, 1.807) is 12.3 Å². The molecule has 4 aromatic rings. The van der Waals surface area contributed by atoms with Gasteiger partial charge in [0.25, 0.3) is 5.69 Å². The minimum atomic E-state index is -0.381. The lowest BCUT2D eigenvalue weighted by molar-refractivity contribution is -0.384. The average molecular weight is 474 g/mol. The SMILES string of the molecule is COc1cc(N2CCCC(N)C2)c([N+](=O)[O-])cc1Nc1nccc(-c2cn(C)c3ccccc23)n1. The molecule has 0 radical (unpaired) electrons. The molecule has 2 aromatic carbocycles. The number of para-hydroxylation sites is 1. The van der Waals surface area contributed by atoms with Crippen LogP contribution < -0.4 is 20.7 Å². The minimum Gasteiger partial charge on any atom is -0.494 e. The van der Waals surface area contributed by atoms with Gasteiger partial charge in [-0.2, -0.15) is 0 Å². The van der Waals surface area contributed by atoms with Crippen LogP contribution in [0.1, 0.15) is 12.8 Å². The minimum absolute atomic E-state index is 0.0163. The number of hydrogen-bond acceptors (Lipinski definition) is 8. The second-order valence-corrected chi connectivity index (χ2v) is 8.71. The molecule has 0 amide bonds. The number of benzene rings is 2. The number of aryl methyl sites for hydroxylation is 1. The highest BCUT2D eigenvalue weighted by molar-refractivity contribution is 5.95. The Morgan fingerprint density at radius 1 is 1.26 bits per heavy atom. The van der Waals surface area contributed by atoms with E-state index in [9.17, 15) is 10.1 Å². The molecule has 10 heteroatoms. The third kappa shape index (κ3) is 4.35. The fraction of sp³-hybridized carbons (Fsp3) is 0.280. The van der Waals surface area contributed by atoms with E-state index in [2.05, 4.69) is 32.0 Å². The van der Waals surface area contributed by atoms with Crippen molar-refractivity contribution in [3.8, 4) is 17.0 Å². The van der Waals surface area contributed by atoms with Crippen molar-refractivity contribution in [1.29, 1.82) is 0 Å². The zero-order valence-corrected chi connectivity index (χ0v) is 19.6. The summed E-state index contributed by atoms with van der Waals surface area (Å²) < 4.78 is 7.64. The molecule has 1 aliphatic heterocycles. The maximum absolute atomic E-state index is 12.0. The van der Waals surface area contributed by atoms with Crippen molar-refractivity contribution >= 4 is 33.9 Å². The molecule has 1 aliphatic rings. The van der Waals surface area contributed by atoms with Gasteiger partial charge in [-0.3, -0.25) is 10.1 Å². The predicted molar refractivity (Wildman–Crippen MR) is 136 cm³/mol. The van der Waals surface area contributed by atoms with Crippen molar-refractivity contribution in [2.75, 3.05) is 30.4 Å². The Balaban J connectivity index is 1.51. The summed E-state index contributed by atoms with van der Waals surface area (Å²) in [4.78, 5) is 22.6. The number of fused-ring (bicyclic) bond motifs is 1. The van der Waals surface area contributed by atoms with Crippen molar-refractivity contribution in [3.63, 3.8) is 0 Å². The summed E-state index contributed by atoms with van der Waals surface area (Å²) in [5.41, 5.74) is 9.83. The molecule has 10 nitrogen and oxygen atoms in total. The van der Waals surface area contributed by atoms with Crippen LogP contribution in [0, 0.1) is 10.1 Å². The molecule has 2 aromatic heterocycles. The number of nitrogens with zero attached hydrogens (tertiary/aromatic N) is 5. The van der Waals surface area contributed by atoms with Crippen LogP contribution in [0.3, 0.4) is 0 Å². The van der Waals surface area contributed by atoms with Crippen LogP contribution in [0.2, 0.25) is 0 Å². The maximum atomic E-state index is 12.0. The van der Waals surface area contributed by atoms with Gasteiger partial charge in [-0.05, 0) is 25.0 Å². The van der Waals surface area contributed by atoms with Crippen molar-refractivity contribution in [2.24, 2.45) is 12.8 Å². The van der Waals surface area contributed by atoms with Crippen molar-refractivity contribution < 1.29 is 9.66 Å². The third-order valence-corrected chi connectivity index (χ3v) is 6.37. The summed E-state index contributed by atoms with van der Waals surface area (Å²) in [5, 5.41) is 16.2. The molecule has 0 saturated carbocycles. The molecule has 0 aliphatic carbocycles. The summed E-state index contributed by atoms with van der Waals surface area (Å²) >= 11 is 0. The number of hydrogen-bond donors (Lipinski definition) is 2. The van der Waals surface area contributed by atoms with Crippen LogP contribution in [0.25, 0.3) is 22.2 Å². The molecule has 180 valence electrons. The standard InChI is InChI=1S/C25H27N7O3/c1-30-15-18(17-7-3-4-8-21(17)30)19-9-10-27-25(28-19)29-20-12-23(32(33)34)22(13-24(20)35-2)31-11-5-6-16(26)14-31/h3-4,7-10,12-13,15-16H,5-6,11,14,26H2,1-2H3,(H,27,28,29). The summed E-state index contributed by atoms with van der Waals surface area (Å²) in [6, 6.07) is 13.1. The van der Waals surface area contributed by atoms with E-state index < -0.39 is 0 Å². The van der Waals surface area contributed by atoms with Gasteiger partial charge in [0, 0.05) is 67.2 Å². The number of piperidine rings is 1. The molecule has 1 fully saturated rings. The van der Waals surface area contributed by atoms with E-state index in [1.807, 2.05) is 36.3 Å². The van der Waals surface area contributed by atoms with Crippen LogP contribution in [-0.4, -0.2) is 45.7 Å². The van der Waals surface area contributed by atoms with Crippen LogP contribution in [0.5, 0.6) is 5.75 Å². The Kier molecular flexibility index (Phi) is 5.96. The van der Waals surface area contributed by atoms with Gasteiger partial charge in [0.05, 0.1) is 23.4 Å². The van der Waals surface area contributed by atoms with E-state index in [0.29, 0.717) is 36.2 Å². The van der Waals surface area contributed by atoms with Crippen LogP contribution in [0.4, 0.5) is 23.0 Å². The molecule has 5 rings (SSSR count). The molecular formula is C25H27N7O3. The first-order valence-corrected chi connectivity index (χ1v) is 11.5. The number of anilines is 3. The fourth-order valence-electron chi connectivity index (χ4n) is 4.69. The van der Waals surface area contributed by atoms with Crippen LogP contribution in [-0.2, 0) is 7.05 Å². The molecule has 35 heavy (non-hydrogen) atoms. The first-order valence-electron chi connectivity index (χ1n) is 11.5. The lowest BCUT2D eigenvalue weighted by atomic mass is 10.0. The topological polar surface area (TPSA) is 124 Å². The van der Waals surface area contributed by atoms with Gasteiger partial charge in [0.1, 0.15) is 11.4 Å². The summed E-state index contributed by atoms with van der Waals surface area (Å²) in [7, 11) is 3.53. The van der Waals surface area contributed by atoms with Gasteiger partial charge in [0.15, 0.2) is 0 Å². The summed E-state index contributed by atoms with van der Waals surface area (Å²) in [6.45, 7) is 1.27. The van der Waals surface area contributed by atoms with Gasteiger partial charge in [-0.15, -0.1) is 0 Å². The Labute approximate surface area is 202 Å². The lowest BCUT2D eigenvalue weighted by Gasteiger charge is -2.32. The van der Waals surface area contributed by atoms with E-state index in [1.165, 1.54) is 13.2 Å². The largest absolute Gasteiger partial charge is 0.494 e. The van der Waals surface area contributed by atoms with Crippen molar-refractivity contribution in [1.82, 2.24) is 14.5 Å². The second kappa shape index (κ2) is 9.22. The quantitative estimate of drug-likeness (QED) is 0.315. The number of nitrogens with two attached hydrogens (primary N) is 1.